The quantitative estimate of drug-likeness (QED) is 0.904. The standard InChI is InChI=1S/C12H13BrFNO3/c1-2-15(7-12(17)18)11(16)6-8-3-4-9(13)10(14)5-8/h3-5H,2,6-7H2,1H3,(H,17,18). The number of carbonyl (C=O) groups is 2. The smallest absolute Gasteiger partial charge is 0.323 e. The van der Waals surface area contributed by atoms with Gasteiger partial charge in [0.2, 0.25) is 5.91 Å². The largest absolute Gasteiger partial charge is 0.480 e. The van der Waals surface area contributed by atoms with Gasteiger partial charge in [0.25, 0.3) is 0 Å². The number of carbonyl (C=O) groups excluding carboxylic acids is 1. The highest BCUT2D eigenvalue weighted by atomic mass is 79.9. The summed E-state index contributed by atoms with van der Waals surface area (Å²) in [6.45, 7) is 1.67. The van der Waals surface area contributed by atoms with Gasteiger partial charge in [0.05, 0.1) is 10.9 Å². The van der Waals surface area contributed by atoms with Gasteiger partial charge in [-0.2, -0.15) is 0 Å². The second kappa shape index (κ2) is 6.49. The summed E-state index contributed by atoms with van der Waals surface area (Å²) in [4.78, 5) is 23.6. The maximum atomic E-state index is 13.3. The molecule has 1 aromatic rings. The lowest BCUT2D eigenvalue weighted by Crippen LogP contribution is -2.36. The fourth-order valence-electron chi connectivity index (χ4n) is 1.48. The lowest BCUT2D eigenvalue weighted by Gasteiger charge is -2.18. The highest BCUT2D eigenvalue weighted by molar-refractivity contribution is 9.10. The number of likely N-dealkylation sites (N-methyl/N-ethyl adjacent to an activating group) is 1. The van der Waals surface area contributed by atoms with Crippen LogP contribution in [-0.4, -0.2) is 35.0 Å². The summed E-state index contributed by atoms with van der Waals surface area (Å²) in [5.41, 5.74) is 0.518. The average molecular weight is 318 g/mol. The Labute approximate surface area is 113 Å². The van der Waals surface area contributed by atoms with Crippen LogP contribution >= 0.6 is 15.9 Å². The van der Waals surface area contributed by atoms with E-state index in [0.29, 0.717) is 16.6 Å². The lowest BCUT2D eigenvalue weighted by molar-refractivity contribution is -0.144. The van der Waals surface area contributed by atoms with Gasteiger partial charge in [0.1, 0.15) is 12.4 Å². The normalized spacial score (nSPS) is 10.2. The van der Waals surface area contributed by atoms with Gasteiger partial charge in [-0.15, -0.1) is 0 Å². The van der Waals surface area contributed by atoms with E-state index in [9.17, 15) is 14.0 Å². The zero-order valence-electron chi connectivity index (χ0n) is 9.82. The van der Waals surface area contributed by atoms with Crippen LogP contribution in [-0.2, 0) is 16.0 Å². The van der Waals surface area contributed by atoms with Gasteiger partial charge >= 0.3 is 5.97 Å². The van der Waals surface area contributed by atoms with E-state index in [4.69, 9.17) is 5.11 Å². The van der Waals surface area contributed by atoms with Crippen molar-refractivity contribution < 1.29 is 19.1 Å². The minimum Gasteiger partial charge on any atom is -0.480 e. The van der Waals surface area contributed by atoms with E-state index in [1.807, 2.05) is 0 Å². The number of carboxylic acids is 1. The van der Waals surface area contributed by atoms with E-state index in [1.54, 1.807) is 13.0 Å². The topological polar surface area (TPSA) is 57.6 Å². The van der Waals surface area contributed by atoms with Crippen molar-refractivity contribution in [3.05, 3.63) is 34.1 Å². The third kappa shape index (κ3) is 4.10. The first-order chi connectivity index (χ1) is 8.43. The Balaban J connectivity index is 2.73. The van der Waals surface area contributed by atoms with E-state index in [1.165, 1.54) is 17.0 Å². The molecular formula is C12H13BrFNO3. The first kappa shape index (κ1) is 14.6. The van der Waals surface area contributed by atoms with Gasteiger partial charge in [-0.05, 0) is 40.5 Å². The highest BCUT2D eigenvalue weighted by Gasteiger charge is 2.15. The highest BCUT2D eigenvalue weighted by Crippen LogP contribution is 2.17. The number of rotatable bonds is 5. The van der Waals surface area contributed by atoms with Crippen molar-refractivity contribution >= 4 is 27.8 Å². The van der Waals surface area contributed by atoms with Crippen LogP contribution in [0.2, 0.25) is 0 Å². The molecule has 0 unspecified atom stereocenters. The monoisotopic (exact) mass is 317 g/mol. The third-order valence-corrected chi connectivity index (χ3v) is 3.04. The lowest BCUT2D eigenvalue weighted by atomic mass is 10.1. The number of halogens is 2. The molecule has 6 heteroatoms. The second-order valence-electron chi connectivity index (χ2n) is 3.73. The second-order valence-corrected chi connectivity index (χ2v) is 4.58. The number of nitrogens with zero attached hydrogens (tertiary/aromatic N) is 1. The van der Waals surface area contributed by atoms with Crippen LogP contribution in [0.1, 0.15) is 12.5 Å². The Hall–Kier alpha value is -1.43. The van der Waals surface area contributed by atoms with Gasteiger partial charge in [0, 0.05) is 6.54 Å². The summed E-state index contributed by atoms with van der Waals surface area (Å²) in [5, 5.41) is 8.65. The third-order valence-electron chi connectivity index (χ3n) is 2.40. The Bertz CT molecular complexity index is 465. The molecule has 4 nitrogen and oxygen atoms in total. The molecule has 0 saturated heterocycles. The molecule has 1 N–H and O–H groups in total. The summed E-state index contributed by atoms with van der Waals surface area (Å²) in [5.74, 6) is -1.84. The number of benzene rings is 1. The summed E-state index contributed by atoms with van der Waals surface area (Å²) >= 11 is 3.02. The van der Waals surface area contributed by atoms with Crippen LogP contribution in [0.15, 0.2) is 22.7 Å². The molecule has 0 atom stereocenters. The molecule has 0 fully saturated rings. The molecule has 0 radical (unpaired) electrons. The van der Waals surface area contributed by atoms with E-state index >= 15 is 0 Å². The zero-order chi connectivity index (χ0) is 13.7. The van der Waals surface area contributed by atoms with E-state index in [2.05, 4.69) is 15.9 Å². The molecule has 1 amide bonds. The Kier molecular flexibility index (Phi) is 5.27. The van der Waals surface area contributed by atoms with Crippen molar-refractivity contribution in [3.8, 4) is 0 Å². The maximum Gasteiger partial charge on any atom is 0.323 e. The first-order valence-corrected chi connectivity index (χ1v) is 6.16. The van der Waals surface area contributed by atoms with Gasteiger partial charge in [-0.25, -0.2) is 4.39 Å². The molecule has 0 aliphatic rings. The molecule has 0 aliphatic carbocycles. The molecule has 18 heavy (non-hydrogen) atoms. The Morgan fingerprint density at radius 3 is 2.61 bits per heavy atom. The van der Waals surface area contributed by atoms with E-state index in [0.717, 1.165) is 0 Å². The van der Waals surface area contributed by atoms with Crippen LogP contribution in [0.4, 0.5) is 4.39 Å². The SMILES string of the molecule is CCN(CC(=O)O)C(=O)Cc1ccc(Br)c(F)c1. The van der Waals surface area contributed by atoms with Crippen molar-refractivity contribution in [2.75, 3.05) is 13.1 Å². The van der Waals surface area contributed by atoms with Gasteiger partial charge < -0.3 is 10.0 Å². The molecule has 0 bridgehead atoms. The molecule has 0 aliphatic heterocycles. The van der Waals surface area contributed by atoms with Crippen molar-refractivity contribution in [1.29, 1.82) is 0 Å². The van der Waals surface area contributed by atoms with Crippen LogP contribution in [0, 0.1) is 5.82 Å². The molecule has 0 saturated carbocycles. The molecule has 1 rings (SSSR count). The van der Waals surface area contributed by atoms with Crippen LogP contribution in [0.25, 0.3) is 0 Å². The molecule has 0 spiro atoms. The van der Waals surface area contributed by atoms with Crippen LogP contribution < -0.4 is 0 Å². The maximum absolute atomic E-state index is 13.3. The van der Waals surface area contributed by atoms with Gasteiger partial charge in [-0.3, -0.25) is 9.59 Å². The van der Waals surface area contributed by atoms with Crippen molar-refractivity contribution in [3.63, 3.8) is 0 Å². The number of hydrogen-bond donors (Lipinski definition) is 1. The fourth-order valence-corrected chi connectivity index (χ4v) is 1.72. The number of carboxylic acid groups (broad SMARTS) is 1. The van der Waals surface area contributed by atoms with Crippen molar-refractivity contribution in [1.82, 2.24) is 4.90 Å². The predicted octanol–water partition coefficient (Wildman–Crippen LogP) is 2.06. The number of aliphatic carboxylic acids is 1. The van der Waals surface area contributed by atoms with E-state index in [-0.39, 0.29) is 18.9 Å². The van der Waals surface area contributed by atoms with Crippen LogP contribution in [0.5, 0.6) is 0 Å². The Morgan fingerprint density at radius 2 is 2.11 bits per heavy atom. The minimum atomic E-state index is -1.06. The Morgan fingerprint density at radius 1 is 1.44 bits per heavy atom. The summed E-state index contributed by atoms with van der Waals surface area (Å²) < 4.78 is 13.6. The number of amides is 1. The van der Waals surface area contributed by atoms with Crippen LogP contribution in [0.3, 0.4) is 0 Å². The molecule has 0 aromatic heterocycles. The zero-order valence-corrected chi connectivity index (χ0v) is 11.4. The fraction of sp³-hybridized carbons (Fsp3) is 0.333. The average Bonchev–Trinajstić information content (AvgIpc) is 2.30. The molecular weight excluding hydrogens is 305 g/mol. The summed E-state index contributed by atoms with van der Waals surface area (Å²) in [6.07, 6.45) is -0.00861. The van der Waals surface area contributed by atoms with E-state index < -0.39 is 11.8 Å². The first-order valence-electron chi connectivity index (χ1n) is 5.37. The summed E-state index contributed by atoms with van der Waals surface area (Å²) in [7, 11) is 0. The summed E-state index contributed by atoms with van der Waals surface area (Å²) in [6, 6.07) is 4.40. The van der Waals surface area contributed by atoms with Gasteiger partial charge in [-0.1, -0.05) is 6.07 Å². The molecule has 1 aromatic carbocycles. The molecule has 0 heterocycles. The number of hydrogen-bond acceptors (Lipinski definition) is 2. The predicted molar refractivity (Wildman–Crippen MR) is 67.7 cm³/mol. The van der Waals surface area contributed by atoms with Crippen molar-refractivity contribution in [2.24, 2.45) is 0 Å². The van der Waals surface area contributed by atoms with Crippen molar-refractivity contribution in [2.45, 2.75) is 13.3 Å². The minimum absolute atomic E-state index is 0.00861. The van der Waals surface area contributed by atoms with Gasteiger partial charge in [0.15, 0.2) is 0 Å². The molecule has 98 valence electrons.